The van der Waals surface area contributed by atoms with E-state index in [0.29, 0.717) is 19.8 Å². The van der Waals surface area contributed by atoms with Crippen molar-refractivity contribution in [2.24, 2.45) is 4.99 Å². The predicted octanol–water partition coefficient (Wildman–Crippen LogP) is 3.86. The maximum Gasteiger partial charge on any atom is 0.191 e. The first-order chi connectivity index (χ1) is 13.6. The Hall–Kier alpha value is -2.28. The van der Waals surface area contributed by atoms with Gasteiger partial charge in [-0.3, -0.25) is 0 Å². The largest absolute Gasteiger partial charge is 0.490 e. The minimum Gasteiger partial charge on any atom is -0.490 e. The van der Waals surface area contributed by atoms with Gasteiger partial charge in [-0.05, 0) is 58.7 Å². The Morgan fingerprint density at radius 1 is 1.07 bits per heavy atom. The van der Waals surface area contributed by atoms with Crippen molar-refractivity contribution in [3.05, 3.63) is 39.3 Å². The van der Waals surface area contributed by atoms with Crippen molar-refractivity contribution >= 4 is 17.3 Å². The molecule has 2 rings (SSSR count). The lowest BCUT2D eigenvalue weighted by Crippen LogP contribution is -2.38. The predicted molar refractivity (Wildman–Crippen MR) is 117 cm³/mol. The van der Waals surface area contributed by atoms with Gasteiger partial charge in [-0.1, -0.05) is 6.07 Å². The number of rotatable bonds is 10. The van der Waals surface area contributed by atoms with Gasteiger partial charge in [0.2, 0.25) is 0 Å². The van der Waals surface area contributed by atoms with E-state index in [-0.39, 0.29) is 0 Å². The van der Waals surface area contributed by atoms with Gasteiger partial charge in [-0.15, -0.1) is 11.3 Å². The van der Waals surface area contributed by atoms with Crippen LogP contribution in [0.5, 0.6) is 11.5 Å². The van der Waals surface area contributed by atoms with E-state index in [2.05, 4.69) is 34.7 Å². The summed E-state index contributed by atoms with van der Waals surface area (Å²) in [7, 11) is 0. The first kappa shape index (κ1) is 22.0. The fourth-order valence-corrected chi connectivity index (χ4v) is 3.65. The Labute approximate surface area is 172 Å². The summed E-state index contributed by atoms with van der Waals surface area (Å²) in [5, 5.41) is 7.79. The normalized spacial score (nSPS) is 11.4. The lowest BCUT2D eigenvalue weighted by Gasteiger charge is -2.14. The van der Waals surface area contributed by atoms with Gasteiger partial charge in [-0.2, -0.15) is 0 Å². The molecule has 0 aliphatic rings. The summed E-state index contributed by atoms with van der Waals surface area (Å²) in [4.78, 5) is 10.4. The number of ether oxygens (including phenoxy) is 2. The van der Waals surface area contributed by atoms with Crippen molar-refractivity contribution in [3.8, 4) is 11.5 Å². The lowest BCUT2D eigenvalue weighted by molar-refractivity contribution is 0.287. The third-order valence-electron chi connectivity index (χ3n) is 4.04. The topological polar surface area (TPSA) is 67.8 Å². The zero-order chi connectivity index (χ0) is 20.4. The molecule has 0 amide bonds. The van der Waals surface area contributed by atoms with Crippen molar-refractivity contribution in [2.75, 3.05) is 26.3 Å². The standard InChI is InChI=1S/C21H32N4O2S/c1-6-22-21(24-14-20-15(4)25-16(5)28-20)23-12-11-17-9-10-18(26-7-2)19(13-17)27-8-3/h9-10,13H,6-8,11-12,14H2,1-5H3,(H2,22,23,24). The number of hydrogen-bond acceptors (Lipinski definition) is 5. The van der Waals surface area contributed by atoms with Crippen LogP contribution in [0.1, 0.15) is 41.9 Å². The zero-order valence-corrected chi connectivity index (χ0v) is 18.4. The number of guanidine groups is 1. The van der Waals surface area contributed by atoms with Crippen LogP contribution in [0.2, 0.25) is 0 Å². The van der Waals surface area contributed by atoms with Gasteiger partial charge in [0.05, 0.1) is 30.5 Å². The van der Waals surface area contributed by atoms with Crippen LogP contribution in [0.3, 0.4) is 0 Å². The first-order valence-electron chi connectivity index (χ1n) is 9.90. The molecule has 0 saturated carbocycles. The van der Waals surface area contributed by atoms with Gasteiger partial charge in [0.1, 0.15) is 0 Å². The van der Waals surface area contributed by atoms with Crippen molar-refractivity contribution in [2.45, 2.75) is 47.6 Å². The fraction of sp³-hybridized carbons (Fsp3) is 0.524. The molecule has 0 saturated heterocycles. The van der Waals surface area contributed by atoms with Gasteiger partial charge in [-0.25, -0.2) is 9.98 Å². The maximum atomic E-state index is 5.71. The molecule has 0 bridgehead atoms. The van der Waals surface area contributed by atoms with Crippen LogP contribution in [0.4, 0.5) is 0 Å². The second kappa shape index (κ2) is 11.5. The van der Waals surface area contributed by atoms with Crippen molar-refractivity contribution in [1.29, 1.82) is 0 Å². The highest BCUT2D eigenvalue weighted by atomic mass is 32.1. The fourth-order valence-electron chi connectivity index (χ4n) is 2.79. The van der Waals surface area contributed by atoms with Crippen molar-refractivity contribution in [3.63, 3.8) is 0 Å². The number of aryl methyl sites for hydroxylation is 2. The summed E-state index contributed by atoms with van der Waals surface area (Å²) in [5.74, 6) is 2.42. The molecule has 0 aliphatic heterocycles. The molecule has 6 nitrogen and oxygen atoms in total. The second-order valence-electron chi connectivity index (χ2n) is 6.26. The second-order valence-corrected chi connectivity index (χ2v) is 7.55. The number of nitrogens with zero attached hydrogens (tertiary/aromatic N) is 2. The third-order valence-corrected chi connectivity index (χ3v) is 5.10. The SMILES string of the molecule is CCNC(=NCc1sc(C)nc1C)NCCc1ccc(OCC)c(OCC)c1. The average Bonchev–Trinajstić information content (AvgIpc) is 2.99. The molecule has 0 fully saturated rings. The minimum atomic E-state index is 0.621. The third kappa shape index (κ3) is 6.71. The molecule has 7 heteroatoms. The van der Waals surface area contributed by atoms with Crippen LogP contribution in [-0.4, -0.2) is 37.2 Å². The summed E-state index contributed by atoms with van der Waals surface area (Å²) in [6, 6.07) is 6.13. The molecule has 1 heterocycles. The maximum absolute atomic E-state index is 5.71. The van der Waals surface area contributed by atoms with Crippen LogP contribution in [-0.2, 0) is 13.0 Å². The van der Waals surface area contributed by atoms with E-state index >= 15 is 0 Å². The smallest absolute Gasteiger partial charge is 0.191 e. The van der Waals surface area contributed by atoms with Crippen LogP contribution >= 0.6 is 11.3 Å². The summed E-state index contributed by atoms with van der Waals surface area (Å²) in [5.41, 5.74) is 2.27. The number of thiazole rings is 1. The Morgan fingerprint density at radius 3 is 2.46 bits per heavy atom. The Balaban J connectivity index is 1.95. The highest BCUT2D eigenvalue weighted by Crippen LogP contribution is 2.28. The molecule has 0 radical (unpaired) electrons. The van der Waals surface area contributed by atoms with E-state index < -0.39 is 0 Å². The number of hydrogen-bond donors (Lipinski definition) is 2. The summed E-state index contributed by atoms with van der Waals surface area (Å²) in [6.45, 7) is 13.6. The molecular formula is C21H32N4O2S. The molecule has 2 N–H and O–H groups in total. The van der Waals surface area contributed by atoms with Gasteiger partial charge in [0.25, 0.3) is 0 Å². The van der Waals surface area contributed by atoms with Gasteiger partial charge in [0, 0.05) is 18.0 Å². The molecule has 154 valence electrons. The highest BCUT2D eigenvalue weighted by molar-refractivity contribution is 7.11. The zero-order valence-electron chi connectivity index (χ0n) is 17.6. The molecule has 1 aromatic carbocycles. The number of aliphatic imine (C=N–C) groups is 1. The van der Waals surface area contributed by atoms with E-state index in [1.54, 1.807) is 11.3 Å². The van der Waals surface area contributed by atoms with Crippen molar-refractivity contribution in [1.82, 2.24) is 15.6 Å². The molecule has 0 atom stereocenters. The van der Waals surface area contributed by atoms with Gasteiger partial charge in [0.15, 0.2) is 17.5 Å². The average molecular weight is 405 g/mol. The van der Waals surface area contributed by atoms with Crippen molar-refractivity contribution < 1.29 is 9.47 Å². The van der Waals surface area contributed by atoms with Crippen LogP contribution in [0.15, 0.2) is 23.2 Å². The molecule has 28 heavy (non-hydrogen) atoms. The van der Waals surface area contributed by atoms with E-state index in [9.17, 15) is 0 Å². The molecule has 0 spiro atoms. The Morgan fingerprint density at radius 2 is 1.82 bits per heavy atom. The number of nitrogens with one attached hydrogen (secondary N) is 2. The minimum absolute atomic E-state index is 0.621. The Bertz CT molecular complexity index is 774. The van der Waals surface area contributed by atoms with E-state index in [4.69, 9.17) is 14.5 Å². The summed E-state index contributed by atoms with van der Waals surface area (Å²) in [6.07, 6.45) is 0.871. The number of benzene rings is 1. The van der Waals surface area contributed by atoms with Crippen LogP contribution < -0.4 is 20.1 Å². The molecule has 0 aliphatic carbocycles. The highest BCUT2D eigenvalue weighted by Gasteiger charge is 2.07. The molecular weight excluding hydrogens is 372 g/mol. The molecule has 0 unspecified atom stereocenters. The number of aromatic nitrogens is 1. The van der Waals surface area contributed by atoms with Crippen LogP contribution in [0, 0.1) is 13.8 Å². The van der Waals surface area contributed by atoms with Gasteiger partial charge < -0.3 is 20.1 Å². The lowest BCUT2D eigenvalue weighted by atomic mass is 10.1. The van der Waals surface area contributed by atoms with E-state index in [0.717, 1.165) is 47.7 Å². The van der Waals surface area contributed by atoms with Crippen LogP contribution in [0.25, 0.3) is 0 Å². The molecule has 2 aromatic rings. The quantitative estimate of drug-likeness (QED) is 0.465. The first-order valence-corrected chi connectivity index (χ1v) is 10.7. The monoisotopic (exact) mass is 404 g/mol. The van der Waals surface area contributed by atoms with Gasteiger partial charge >= 0.3 is 0 Å². The van der Waals surface area contributed by atoms with E-state index in [1.807, 2.05) is 33.8 Å². The Kier molecular flexibility index (Phi) is 9.07. The summed E-state index contributed by atoms with van der Waals surface area (Å²) >= 11 is 1.71. The molecule has 1 aromatic heterocycles. The summed E-state index contributed by atoms with van der Waals surface area (Å²) < 4.78 is 11.3. The van der Waals surface area contributed by atoms with E-state index in [1.165, 1.54) is 10.4 Å².